The number of carbonyl (C=O) groups excluding carboxylic acids is 1. The first-order chi connectivity index (χ1) is 9.20. The fourth-order valence-corrected chi connectivity index (χ4v) is 2.05. The molecule has 0 saturated carbocycles. The molecule has 0 bridgehead atoms. The second-order valence-corrected chi connectivity index (χ2v) is 4.56. The summed E-state index contributed by atoms with van der Waals surface area (Å²) in [6.07, 6.45) is -0.0459. The van der Waals surface area contributed by atoms with Crippen LogP contribution in [0.2, 0.25) is 0 Å². The molecular weight excluding hydrogens is 244 g/mol. The number of rotatable bonds is 4. The molecule has 5 heteroatoms. The SMILES string of the molecule is CNc1ccc(C(=O)NCC2COCCO2)cc1C. The highest BCUT2D eigenvalue weighted by Crippen LogP contribution is 2.15. The van der Waals surface area contributed by atoms with E-state index >= 15 is 0 Å². The number of benzene rings is 1. The van der Waals surface area contributed by atoms with Crippen molar-refractivity contribution in [2.45, 2.75) is 13.0 Å². The van der Waals surface area contributed by atoms with Crippen molar-refractivity contribution >= 4 is 11.6 Å². The van der Waals surface area contributed by atoms with Crippen molar-refractivity contribution in [2.75, 3.05) is 38.7 Å². The number of amides is 1. The maximum atomic E-state index is 12.0. The van der Waals surface area contributed by atoms with E-state index in [2.05, 4.69) is 10.6 Å². The molecule has 1 aromatic rings. The van der Waals surface area contributed by atoms with Gasteiger partial charge in [-0.1, -0.05) is 0 Å². The molecule has 1 aliphatic heterocycles. The first-order valence-corrected chi connectivity index (χ1v) is 6.46. The van der Waals surface area contributed by atoms with Gasteiger partial charge >= 0.3 is 0 Å². The molecule has 5 nitrogen and oxygen atoms in total. The van der Waals surface area contributed by atoms with E-state index in [1.165, 1.54) is 0 Å². The Balaban J connectivity index is 1.90. The van der Waals surface area contributed by atoms with Crippen LogP contribution in [0.4, 0.5) is 5.69 Å². The number of hydrogen-bond acceptors (Lipinski definition) is 4. The Morgan fingerprint density at radius 2 is 2.26 bits per heavy atom. The monoisotopic (exact) mass is 264 g/mol. The predicted molar refractivity (Wildman–Crippen MR) is 73.6 cm³/mol. The van der Waals surface area contributed by atoms with Gasteiger partial charge in [-0.2, -0.15) is 0 Å². The van der Waals surface area contributed by atoms with Crippen molar-refractivity contribution in [1.82, 2.24) is 5.32 Å². The molecule has 0 radical (unpaired) electrons. The smallest absolute Gasteiger partial charge is 0.251 e. The molecule has 2 rings (SSSR count). The van der Waals surface area contributed by atoms with Gasteiger partial charge in [0.1, 0.15) is 0 Å². The van der Waals surface area contributed by atoms with Crippen LogP contribution in [0.15, 0.2) is 18.2 Å². The first-order valence-electron chi connectivity index (χ1n) is 6.46. The van der Waals surface area contributed by atoms with Crippen molar-refractivity contribution in [3.05, 3.63) is 29.3 Å². The minimum atomic E-state index is -0.0834. The number of nitrogens with one attached hydrogen (secondary N) is 2. The maximum Gasteiger partial charge on any atom is 0.251 e. The van der Waals surface area contributed by atoms with Gasteiger partial charge < -0.3 is 20.1 Å². The van der Waals surface area contributed by atoms with E-state index in [1.807, 2.05) is 32.2 Å². The van der Waals surface area contributed by atoms with Crippen LogP contribution < -0.4 is 10.6 Å². The minimum absolute atomic E-state index is 0.0459. The molecule has 1 fully saturated rings. The molecule has 1 unspecified atom stereocenters. The number of carbonyl (C=O) groups is 1. The lowest BCUT2D eigenvalue weighted by Crippen LogP contribution is -2.39. The first kappa shape index (κ1) is 13.8. The summed E-state index contributed by atoms with van der Waals surface area (Å²) in [6, 6.07) is 5.59. The van der Waals surface area contributed by atoms with Crippen molar-refractivity contribution in [3.63, 3.8) is 0 Å². The van der Waals surface area contributed by atoms with E-state index in [1.54, 1.807) is 0 Å². The molecule has 19 heavy (non-hydrogen) atoms. The van der Waals surface area contributed by atoms with E-state index in [0.717, 1.165) is 11.3 Å². The highest BCUT2D eigenvalue weighted by Gasteiger charge is 2.16. The highest BCUT2D eigenvalue weighted by atomic mass is 16.6. The summed E-state index contributed by atoms with van der Waals surface area (Å²) in [4.78, 5) is 12.0. The van der Waals surface area contributed by atoms with Crippen LogP contribution in [0.25, 0.3) is 0 Å². The van der Waals surface area contributed by atoms with Gasteiger partial charge in [0, 0.05) is 24.8 Å². The van der Waals surface area contributed by atoms with Gasteiger partial charge in [0.15, 0.2) is 0 Å². The largest absolute Gasteiger partial charge is 0.388 e. The summed E-state index contributed by atoms with van der Waals surface area (Å²) in [5.41, 5.74) is 2.74. The van der Waals surface area contributed by atoms with E-state index < -0.39 is 0 Å². The van der Waals surface area contributed by atoms with Crippen LogP contribution in [-0.2, 0) is 9.47 Å². The van der Waals surface area contributed by atoms with E-state index in [9.17, 15) is 4.79 Å². The van der Waals surface area contributed by atoms with Gasteiger partial charge in [-0.05, 0) is 30.7 Å². The Labute approximate surface area is 113 Å². The molecule has 0 spiro atoms. The molecule has 1 aliphatic rings. The summed E-state index contributed by atoms with van der Waals surface area (Å²) in [5, 5.41) is 5.95. The Bertz CT molecular complexity index is 442. The van der Waals surface area contributed by atoms with Crippen LogP contribution in [0.3, 0.4) is 0 Å². The van der Waals surface area contributed by atoms with Crippen molar-refractivity contribution < 1.29 is 14.3 Å². The molecule has 0 aliphatic carbocycles. The van der Waals surface area contributed by atoms with E-state index in [0.29, 0.717) is 31.9 Å². The Kier molecular flexibility index (Phi) is 4.76. The molecule has 0 aromatic heterocycles. The van der Waals surface area contributed by atoms with Crippen LogP contribution >= 0.6 is 0 Å². The molecule has 104 valence electrons. The summed E-state index contributed by atoms with van der Waals surface area (Å²) in [5.74, 6) is -0.0834. The summed E-state index contributed by atoms with van der Waals surface area (Å²) < 4.78 is 10.8. The molecule has 1 atom stereocenters. The van der Waals surface area contributed by atoms with Crippen LogP contribution in [-0.4, -0.2) is 45.4 Å². The Hall–Kier alpha value is -1.59. The average Bonchev–Trinajstić information content (AvgIpc) is 2.45. The van der Waals surface area contributed by atoms with Gasteiger partial charge in [-0.3, -0.25) is 4.79 Å². The third-order valence-electron chi connectivity index (χ3n) is 3.13. The molecule has 1 saturated heterocycles. The van der Waals surface area contributed by atoms with Crippen molar-refractivity contribution in [2.24, 2.45) is 0 Å². The van der Waals surface area contributed by atoms with Gasteiger partial charge in [0.05, 0.1) is 25.9 Å². The van der Waals surface area contributed by atoms with Gasteiger partial charge in [0.2, 0.25) is 0 Å². The normalized spacial score (nSPS) is 18.9. The summed E-state index contributed by atoms with van der Waals surface area (Å²) in [7, 11) is 1.86. The Morgan fingerprint density at radius 3 is 2.89 bits per heavy atom. The lowest BCUT2D eigenvalue weighted by molar-refractivity contribution is -0.0855. The van der Waals surface area contributed by atoms with Crippen molar-refractivity contribution in [1.29, 1.82) is 0 Å². The topological polar surface area (TPSA) is 59.6 Å². The third-order valence-corrected chi connectivity index (χ3v) is 3.13. The number of aryl methyl sites for hydroxylation is 1. The molecule has 1 aromatic carbocycles. The second kappa shape index (κ2) is 6.54. The molecule has 2 N–H and O–H groups in total. The van der Waals surface area contributed by atoms with Gasteiger partial charge in [0.25, 0.3) is 5.91 Å². The fourth-order valence-electron chi connectivity index (χ4n) is 2.05. The average molecular weight is 264 g/mol. The Morgan fingerprint density at radius 1 is 1.42 bits per heavy atom. The third kappa shape index (κ3) is 3.68. The second-order valence-electron chi connectivity index (χ2n) is 4.56. The zero-order chi connectivity index (χ0) is 13.7. The van der Waals surface area contributed by atoms with Gasteiger partial charge in [-0.15, -0.1) is 0 Å². The standard InChI is InChI=1S/C14H20N2O3/c1-10-7-11(3-4-13(10)15-2)14(17)16-8-12-9-18-5-6-19-12/h3-4,7,12,15H,5-6,8-9H2,1-2H3,(H,16,17). The highest BCUT2D eigenvalue weighted by molar-refractivity contribution is 5.94. The predicted octanol–water partition coefficient (Wildman–Crippen LogP) is 1.18. The lowest BCUT2D eigenvalue weighted by Gasteiger charge is -2.23. The number of hydrogen-bond donors (Lipinski definition) is 2. The quantitative estimate of drug-likeness (QED) is 0.857. The molecular formula is C14H20N2O3. The lowest BCUT2D eigenvalue weighted by atomic mass is 10.1. The zero-order valence-corrected chi connectivity index (χ0v) is 11.4. The van der Waals surface area contributed by atoms with E-state index in [4.69, 9.17) is 9.47 Å². The minimum Gasteiger partial charge on any atom is -0.388 e. The summed E-state index contributed by atoms with van der Waals surface area (Å²) >= 11 is 0. The summed E-state index contributed by atoms with van der Waals surface area (Å²) in [6.45, 7) is 4.22. The molecule has 1 amide bonds. The van der Waals surface area contributed by atoms with Crippen LogP contribution in [0.5, 0.6) is 0 Å². The zero-order valence-electron chi connectivity index (χ0n) is 11.4. The molecule has 1 heterocycles. The van der Waals surface area contributed by atoms with E-state index in [-0.39, 0.29) is 12.0 Å². The number of ether oxygens (including phenoxy) is 2. The van der Waals surface area contributed by atoms with Crippen LogP contribution in [0.1, 0.15) is 15.9 Å². The van der Waals surface area contributed by atoms with Crippen molar-refractivity contribution in [3.8, 4) is 0 Å². The fraction of sp³-hybridized carbons (Fsp3) is 0.500. The van der Waals surface area contributed by atoms with Gasteiger partial charge in [-0.25, -0.2) is 0 Å². The van der Waals surface area contributed by atoms with Crippen LogP contribution in [0, 0.1) is 6.92 Å². The number of anilines is 1. The maximum absolute atomic E-state index is 12.0.